The summed E-state index contributed by atoms with van der Waals surface area (Å²) in [6, 6.07) is 10.7. The van der Waals surface area contributed by atoms with Crippen LogP contribution in [0, 0.1) is 5.92 Å². The van der Waals surface area contributed by atoms with E-state index in [0.29, 0.717) is 5.91 Å². The summed E-state index contributed by atoms with van der Waals surface area (Å²) in [4.78, 5) is 14.9. The molecule has 1 saturated heterocycles. The fraction of sp³-hybridized carbons (Fsp3) is 0.588. The van der Waals surface area contributed by atoms with E-state index in [9.17, 15) is 4.79 Å². The molecule has 1 aromatic rings. The van der Waals surface area contributed by atoms with E-state index in [1.807, 2.05) is 6.07 Å². The van der Waals surface area contributed by atoms with Crippen molar-refractivity contribution in [2.75, 3.05) is 6.54 Å². The summed E-state index contributed by atoms with van der Waals surface area (Å²) < 4.78 is 0. The second-order valence-corrected chi connectivity index (χ2v) is 6.16. The Hall–Kier alpha value is -1.35. The number of nitrogens with zero attached hydrogens (tertiary/aromatic N) is 1. The van der Waals surface area contributed by atoms with Crippen molar-refractivity contribution in [2.24, 2.45) is 11.7 Å². The monoisotopic (exact) mass is 272 g/mol. The van der Waals surface area contributed by atoms with Crippen LogP contribution in [0.4, 0.5) is 0 Å². The summed E-state index contributed by atoms with van der Waals surface area (Å²) in [6.07, 6.45) is 6.48. The maximum absolute atomic E-state index is 12.8. The van der Waals surface area contributed by atoms with Gasteiger partial charge >= 0.3 is 0 Å². The molecule has 3 nitrogen and oxygen atoms in total. The van der Waals surface area contributed by atoms with Crippen molar-refractivity contribution >= 4 is 5.91 Å². The Morgan fingerprint density at radius 1 is 1.05 bits per heavy atom. The van der Waals surface area contributed by atoms with Gasteiger partial charge in [0.25, 0.3) is 0 Å². The van der Waals surface area contributed by atoms with E-state index in [1.54, 1.807) is 0 Å². The van der Waals surface area contributed by atoms with Gasteiger partial charge in [-0.1, -0.05) is 43.2 Å². The van der Waals surface area contributed by atoms with Gasteiger partial charge in [-0.2, -0.15) is 0 Å². The summed E-state index contributed by atoms with van der Waals surface area (Å²) in [5, 5.41) is 0. The molecule has 2 fully saturated rings. The molecule has 1 saturated carbocycles. The summed E-state index contributed by atoms with van der Waals surface area (Å²) >= 11 is 0. The minimum Gasteiger partial charge on any atom is -0.335 e. The third-order valence-corrected chi connectivity index (χ3v) is 4.86. The van der Waals surface area contributed by atoms with E-state index in [0.717, 1.165) is 38.6 Å². The van der Waals surface area contributed by atoms with Crippen molar-refractivity contribution < 1.29 is 4.79 Å². The van der Waals surface area contributed by atoms with E-state index in [1.165, 1.54) is 12.0 Å². The predicted molar refractivity (Wildman–Crippen MR) is 80.1 cm³/mol. The Labute approximate surface area is 121 Å². The van der Waals surface area contributed by atoms with E-state index in [-0.39, 0.29) is 18.0 Å². The Morgan fingerprint density at radius 3 is 2.55 bits per heavy atom. The molecule has 0 bridgehead atoms. The van der Waals surface area contributed by atoms with E-state index >= 15 is 0 Å². The van der Waals surface area contributed by atoms with Crippen molar-refractivity contribution in [2.45, 2.75) is 50.6 Å². The number of carbonyl (C=O) groups is 1. The number of hydrogen-bond donors (Lipinski definition) is 1. The van der Waals surface area contributed by atoms with Crippen LogP contribution in [0.5, 0.6) is 0 Å². The van der Waals surface area contributed by atoms with Gasteiger partial charge in [0.2, 0.25) is 5.91 Å². The first-order chi connectivity index (χ1) is 9.77. The summed E-state index contributed by atoms with van der Waals surface area (Å²) in [6.45, 7) is 0.890. The highest BCUT2D eigenvalue weighted by Crippen LogP contribution is 2.35. The van der Waals surface area contributed by atoms with Crippen LogP contribution in [0.3, 0.4) is 0 Å². The highest BCUT2D eigenvalue weighted by molar-refractivity contribution is 5.80. The fourth-order valence-corrected chi connectivity index (χ4v) is 3.73. The van der Waals surface area contributed by atoms with Crippen LogP contribution in [-0.4, -0.2) is 23.4 Å². The van der Waals surface area contributed by atoms with Gasteiger partial charge in [0, 0.05) is 12.6 Å². The molecule has 20 heavy (non-hydrogen) atoms. The molecule has 1 aliphatic carbocycles. The van der Waals surface area contributed by atoms with E-state index < -0.39 is 0 Å². The van der Waals surface area contributed by atoms with Crippen molar-refractivity contribution in [3.05, 3.63) is 35.9 Å². The first-order valence-corrected chi connectivity index (χ1v) is 7.88. The first kappa shape index (κ1) is 13.6. The van der Waals surface area contributed by atoms with Crippen molar-refractivity contribution in [3.63, 3.8) is 0 Å². The molecule has 3 atom stereocenters. The summed E-state index contributed by atoms with van der Waals surface area (Å²) in [5.74, 6) is 0.344. The third kappa shape index (κ3) is 2.59. The lowest BCUT2D eigenvalue weighted by Gasteiger charge is -2.34. The van der Waals surface area contributed by atoms with Crippen LogP contribution in [0.1, 0.15) is 50.1 Å². The minimum absolute atomic E-state index is 0.0491. The van der Waals surface area contributed by atoms with Crippen molar-refractivity contribution in [1.29, 1.82) is 0 Å². The molecule has 1 aliphatic heterocycles. The van der Waals surface area contributed by atoms with E-state index in [4.69, 9.17) is 5.73 Å². The smallest absolute Gasteiger partial charge is 0.227 e. The normalized spacial score (nSPS) is 30.4. The topological polar surface area (TPSA) is 46.3 Å². The van der Waals surface area contributed by atoms with Crippen molar-refractivity contribution in [3.8, 4) is 0 Å². The molecular weight excluding hydrogens is 248 g/mol. The molecule has 0 spiro atoms. The molecule has 1 amide bonds. The minimum atomic E-state index is 0.0491. The number of carbonyl (C=O) groups excluding carboxylic acids is 1. The molecule has 2 N–H and O–H groups in total. The molecule has 3 heteroatoms. The highest BCUT2D eigenvalue weighted by Gasteiger charge is 2.37. The molecule has 108 valence electrons. The van der Waals surface area contributed by atoms with Crippen molar-refractivity contribution in [1.82, 2.24) is 4.90 Å². The predicted octanol–water partition coefficient (Wildman–Crippen LogP) is 2.87. The second-order valence-electron chi connectivity index (χ2n) is 6.16. The zero-order valence-electron chi connectivity index (χ0n) is 12.0. The molecule has 2 aliphatic rings. The zero-order chi connectivity index (χ0) is 13.9. The van der Waals surface area contributed by atoms with Gasteiger partial charge in [-0.25, -0.2) is 0 Å². The number of likely N-dealkylation sites (tertiary alicyclic amines) is 1. The molecule has 0 radical (unpaired) electrons. The zero-order valence-corrected chi connectivity index (χ0v) is 12.0. The Balaban J connectivity index is 1.76. The fourth-order valence-electron chi connectivity index (χ4n) is 3.73. The largest absolute Gasteiger partial charge is 0.335 e. The maximum Gasteiger partial charge on any atom is 0.227 e. The molecule has 3 rings (SSSR count). The van der Waals surface area contributed by atoms with Crippen LogP contribution in [-0.2, 0) is 4.79 Å². The quantitative estimate of drug-likeness (QED) is 0.900. The summed E-state index contributed by atoms with van der Waals surface area (Å²) in [7, 11) is 0. The van der Waals surface area contributed by atoms with Gasteiger partial charge in [0.05, 0.1) is 12.0 Å². The highest BCUT2D eigenvalue weighted by atomic mass is 16.2. The number of benzene rings is 1. The summed E-state index contributed by atoms with van der Waals surface area (Å²) in [5.41, 5.74) is 7.45. The molecule has 1 heterocycles. The number of amides is 1. The lowest BCUT2D eigenvalue weighted by molar-refractivity contribution is -0.138. The molecule has 0 aromatic heterocycles. The first-order valence-electron chi connectivity index (χ1n) is 7.88. The van der Waals surface area contributed by atoms with Gasteiger partial charge in [-0.3, -0.25) is 4.79 Å². The van der Waals surface area contributed by atoms with Crippen LogP contribution in [0.15, 0.2) is 30.3 Å². The lowest BCUT2D eigenvalue weighted by atomic mass is 9.84. The van der Waals surface area contributed by atoms with Crippen LogP contribution >= 0.6 is 0 Å². The lowest BCUT2D eigenvalue weighted by Crippen LogP contribution is -2.45. The van der Waals surface area contributed by atoms with Crippen LogP contribution in [0.2, 0.25) is 0 Å². The second kappa shape index (κ2) is 5.96. The third-order valence-electron chi connectivity index (χ3n) is 4.86. The number of nitrogens with two attached hydrogens (primary N) is 1. The average Bonchev–Trinajstić information content (AvgIpc) is 2.97. The Morgan fingerprint density at radius 2 is 1.80 bits per heavy atom. The van der Waals surface area contributed by atoms with E-state index in [2.05, 4.69) is 29.2 Å². The van der Waals surface area contributed by atoms with Gasteiger partial charge in [0.15, 0.2) is 0 Å². The number of hydrogen-bond acceptors (Lipinski definition) is 2. The maximum atomic E-state index is 12.8. The van der Waals surface area contributed by atoms with Crippen LogP contribution in [0.25, 0.3) is 0 Å². The molecule has 1 aromatic carbocycles. The standard InChI is InChI=1S/C17H24N2O/c18-15-10-5-4-9-14(15)17(20)19-12-6-11-16(19)13-7-2-1-3-8-13/h1-3,7-8,14-16H,4-6,9-12,18H2. The van der Waals surface area contributed by atoms with Gasteiger partial charge in [0.1, 0.15) is 0 Å². The Bertz CT molecular complexity index is 459. The SMILES string of the molecule is NC1CCCCC1C(=O)N1CCCC1c1ccccc1. The van der Waals surface area contributed by atoms with Gasteiger partial charge in [-0.15, -0.1) is 0 Å². The Kier molecular flexibility index (Phi) is 4.06. The molecular formula is C17H24N2O. The van der Waals surface area contributed by atoms with Gasteiger partial charge in [-0.05, 0) is 31.2 Å². The number of rotatable bonds is 2. The molecule has 3 unspecified atom stereocenters. The average molecular weight is 272 g/mol. The van der Waals surface area contributed by atoms with Gasteiger partial charge < -0.3 is 10.6 Å². The van der Waals surface area contributed by atoms with Crippen LogP contribution < -0.4 is 5.73 Å².